The molecule has 0 saturated carbocycles. The molecule has 0 aliphatic rings. The second-order valence-corrected chi connectivity index (χ2v) is 4.19. The van der Waals surface area contributed by atoms with Crippen LogP contribution in [0.4, 0.5) is 4.79 Å². The Morgan fingerprint density at radius 1 is 1.44 bits per heavy atom. The Balaban J connectivity index is 2.64. The number of hydrogen-bond donors (Lipinski definition) is 2. The van der Waals surface area contributed by atoms with Crippen molar-refractivity contribution in [1.29, 1.82) is 0 Å². The molecule has 1 rings (SSSR count). The predicted octanol–water partition coefficient (Wildman–Crippen LogP) is 1.94. The first kappa shape index (κ1) is 14.8. The molecule has 0 saturated heterocycles. The van der Waals surface area contributed by atoms with Gasteiger partial charge in [-0.2, -0.15) is 0 Å². The van der Waals surface area contributed by atoms with E-state index >= 15 is 0 Å². The molecule has 2 N–H and O–H groups in total. The zero-order valence-corrected chi connectivity index (χ0v) is 11.1. The average Bonchev–Trinajstić information content (AvgIpc) is 2.38. The highest BCUT2D eigenvalue weighted by atomic mass is 35.5. The van der Waals surface area contributed by atoms with Crippen molar-refractivity contribution in [1.82, 2.24) is 5.32 Å². The third kappa shape index (κ3) is 4.94. The minimum atomic E-state index is -0.809. The van der Waals surface area contributed by atoms with E-state index in [1.807, 2.05) is 30.3 Å². The molecule has 1 amide bonds. The molecular formula is C13H18ClNO3. The molecule has 0 heterocycles. The van der Waals surface area contributed by atoms with Gasteiger partial charge in [0.1, 0.15) is 0 Å². The van der Waals surface area contributed by atoms with Crippen LogP contribution in [0.15, 0.2) is 30.3 Å². The number of amides is 1. The molecule has 1 aromatic carbocycles. The van der Waals surface area contributed by atoms with Gasteiger partial charge in [-0.1, -0.05) is 30.3 Å². The Labute approximate surface area is 112 Å². The number of carbonyl (C=O) groups excluding carboxylic acids is 1. The molecule has 0 unspecified atom stereocenters. The molecule has 0 bridgehead atoms. The third-order valence-electron chi connectivity index (χ3n) is 2.50. The second kappa shape index (κ2) is 7.95. The van der Waals surface area contributed by atoms with Crippen LogP contribution in [-0.4, -0.2) is 35.8 Å². The van der Waals surface area contributed by atoms with Crippen LogP contribution in [-0.2, 0) is 11.2 Å². The molecule has 0 aliphatic heterocycles. The van der Waals surface area contributed by atoms with Crippen molar-refractivity contribution in [3.05, 3.63) is 35.9 Å². The van der Waals surface area contributed by atoms with E-state index < -0.39 is 18.2 Å². The van der Waals surface area contributed by atoms with Gasteiger partial charge in [0, 0.05) is 0 Å². The fourth-order valence-corrected chi connectivity index (χ4v) is 1.80. The van der Waals surface area contributed by atoms with E-state index in [0.29, 0.717) is 13.0 Å². The normalized spacial score (nSPS) is 13.7. The third-order valence-corrected chi connectivity index (χ3v) is 2.82. The fraction of sp³-hybridized carbons (Fsp3) is 0.462. The molecule has 0 aromatic heterocycles. The molecule has 18 heavy (non-hydrogen) atoms. The van der Waals surface area contributed by atoms with Gasteiger partial charge in [-0.15, -0.1) is 11.6 Å². The monoisotopic (exact) mass is 271 g/mol. The van der Waals surface area contributed by atoms with E-state index in [4.69, 9.17) is 16.3 Å². The van der Waals surface area contributed by atoms with Crippen molar-refractivity contribution in [2.24, 2.45) is 0 Å². The van der Waals surface area contributed by atoms with Crippen LogP contribution in [0.3, 0.4) is 0 Å². The number of alkyl carbamates (subject to hydrolysis) is 1. The van der Waals surface area contributed by atoms with Crippen LogP contribution in [0.1, 0.15) is 12.5 Å². The van der Waals surface area contributed by atoms with Gasteiger partial charge < -0.3 is 15.2 Å². The van der Waals surface area contributed by atoms with E-state index in [1.54, 1.807) is 6.92 Å². The highest BCUT2D eigenvalue weighted by molar-refractivity contribution is 6.18. The van der Waals surface area contributed by atoms with Crippen molar-refractivity contribution in [3.8, 4) is 0 Å². The first-order valence-corrected chi connectivity index (χ1v) is 6.42. The highest BCUT2D eigenvalue weighted by Gasteiger charge is 2.21. The van der Waals surface area contributed by atoms with Gasteiger partial charge in [0.2, 0.25) is 0 Å². The number of benzene rings is 1. The predicted molar refractivity (Wildman–Crippen MR) is 70.8 cm³/mol. The quantitative estimate of drug-likeness (QED) is 0.778. The Morgan fingerprint density at radius 3 is 2.67 bits per heavy atom. The van der Waals surface area contributed by atoms with Gasteiger partial charge >= 0.3 is 6.09 Å². The van der Waals surface area contributed by atoms with E-state index in [2.05, 4.69) is 5.32 Å². The Hall–Kier alpha value is -1.26. The Morgan fingerprint density at radius 2 is 2.11 bits per heavy atom. The SMILES string of the molecule is CCOC(=O)N[C@@H](Cc1ccccc1)[C@H](O)CCl. The van der Waals surface area contributed by atoms with Crippen molar-refractivity contribution in [2.45, 2.75) is 25.5 Å². The summed E-state index contributed by atoms with van der Waals surface area (Å²) in [6, 6.07) is 9.13. The van der Waals surface area contributed by atoms with Gasteiger partial charge in [0.15, 0.2) is 0 Å². The van der Waals surface area contributed by atoms with Gasteiger partial charge in [0.25, 0.3) is 0 Å². The standard InChI is InChI=1S/C13H18ClNO3/c1-2-18-13(17)15-11(12(16)9-14)8-10-6-4-3-5-7-10/h3-7,11-12,16H,2,8-9H2,1H3,(H,15,17)/t11-,12+/m0/s1. The van der Waals surface area contributed by atoms with Crippen molar-refractivity contribution < 1.29 is 14.6 Å². The maximum atomic E-state index is 11.4. The van der Waals surface area contributed by atoms with Gasteiger partial charge in [0.05, 0.1) is 24.6 Å². The van der Waals surface area contributed by atoms with Gasteiger partial charge in [-0.3, -0.25) is 0 Å². The molecule has 0 aliphatic carbocycles. The van der Waals surface area contributed by atoms with Crippen molar-refractivity contribution >= 4 is 17.7 Å². The molecule has 0 fully saturated rings. The fourth-order valence-electron chi connectivity index (χ4n) is 1.58. The lowest BCUT2D eigenvalue weighted by molar-refractivity contribution is 0.118. The summed E-state index contributed by atoms with van der Waals surface area (Å²) in [7, 11) is 0. The zero-order valence-electron chi connectivity index (χ0n) is 10.3. The van der Waals surface area contributed by atoms with Crippen LogP contribution in [0.2, 0.25) is 0 Å². The number of aliphatic hydroxyl groups excluding tert-OH is 1. The first-order valence-electron chi connectivity index (χ1n) is 5.88. The maximum absolute atomic E-state index is 11.4. The van der Waals surface area contributed by atoms with Crippen molar-refractivity contribution in [3.63, 3.8) is 0 Å². The molecule has 1 aromatic rings. The summed E-state index contributed by atoms with van der Waals surface area (Å²) >= 11 is 5.63. The number of carbonyl (C=O) groups is 1. The summed E-state index contributed by atoms with van der Waals surface area (Å²) in [4.78, 5) is 11.4. The molecular weight excluding hydrogens is 254 g/mol. The lowest BCUT2D eigenvalue weighted by Gasteiger charge is -2.22. The largest absolute Gasteiger partial charge is 0.450 e. The molecule has 5 heteroatoms. The van der Waals surface area contributed by atoms with E-state index in [1.165, 1.54) is 0 Å². The summed E-state index contributed by atoms with van der Waals surface area (Å²) in [6.07, 6.45) is -0.841. The first-order chi connectivity index (χ1) is 8.67. The van der Waals surface area contributed by atoms with E-state index in [9.17, 15) is 9.90 Å². The van der Waals surface area contributed by atoms with Crippen LogP contribution < -0.4 is 5.32 Å². The number of rotatable bonds is 6. The summed E-state index contributed by atoms with van der Waals surface area (Å²) < 4.78 is 4.80. The second-order valence-electron chi connectivity index (χ2n) is 3.88. The average molecular weight is 272 g/mol. The minimum absolute atomic E-state index is 0.0594. The number of hydrogen-bond acceptors (Lipinski definition) is 3. The summed E-state index contributed by atoms with van der Waals surface area (Å²) in [5.41, 5.74) is 1.02. The van der Waals surface area contributed by atoms with Gasteiger partial charge in [-0.25, -0.2) is 4.79 Å². The van der Waals surface area contributed by atoms with Crippen LogP contribution >= 0.6 is 11.6 Å². The summed E-state index contributed by atoms with van der Waals surface area (Å²) in [5, 5.41) is 12.4. The number of alkyl halides is 1. The van der Waals surface area contributed by atoms with E-state index in [-0.39, 0.29) is 5.88 Å². The maximum Gasteiger partial charge on any atom is 0.407 e. The summed E-state index contributed by atoms with van der Waals surface area (Å²) in [6.45, 7) is 2.02. The van der Waals surface area contributed by atoms with Crippen molar-refractivity contribution in [2.75, 3.05) is 12.5 Å². The van der Waals surface area contributed by atoms with Crippen LogP contribution in [0.5, 0.6) is 0 Å². The molecule has 0 radical (unpaired) electrons. The number of ether oxygens (including phenoxy) is 1. The molecule has 0 spiro atoms. The lowest BCUT2D eigenvalue weighted by atomic mass is 10.0. The highest BCUT2D eigenvalue weighted by Crippen LogP contribution is 2.07. The summed E-state index contributed by atoms with van der Waals surface area (Å²) in [5.74, 6) is 0.0594. The number of aliphatic hydroxyl groups is 1. The molecule has 100 valence electrons. The minimum Gasteiger partial charge on any atom is -0.450 e. The Kier molecular flexibility index (Phi) is 6.54. The molecule has 2 atom stereocenters. The number of nitrogens with one attached hydrogen (secondary N) is 1. The molecule has 4 nitrogen and oxygen atoms in total. The topological polar surface area (TPSA) is 58.6 Å². The van der Waals surface area contributed by atoms with Gasteiger partial charge in [-0.05, 0) is 18.9 Å². The zero-order chi connectivity index (χ0) is 13.4. The lowest BCUT2D eigenvalue weighted by Crippen LogP contribution is -2.45. The number of halogens is 1. The van der Waals surface area contributed by atoms with E-state index in [0.717, 1.165) is 5.56 Å². The van der Waals surface area contributed by atoms with Crippen LogP contribution in [0, 0.1) is 0 Å². The van der Waals surface area contributed by atoms with Crippen LogP contribution in [0.25, 0.3) is 0 Å². The smallest absolute Gasteiger partial charge is 0.407 e. The Bertz CT molecular complexity index is 359.